The summed E-state index contributed by atoms with van der Waals surface area (Å²) in [4.78, 5) is 14.7. The van der Waals surface area contributed by atoms with Gasteiger partial charge >= 0.3 is 5.97 Å². The summed E-state index contributed by atoms with van der Waals surface area (Å²) >= 11 is 1.13. The van der Waals surface area contributed by atoms with E-state index in [4.69, 9.17) is 5.11 Å². The number of nitrogens with one attached hydrogen (secondary N) is 1. The van der Waals surface area contributed by atoms with Crippen LogP contribution in [0.15, 0.2) is 5.38 Å². The predicted octanol–water partition coefficient (Wildman–Crippen LogP) is 1.86. The molecule has 21 heavy (non-hydrogen) atoms. The fourth-order valence-electron chi connectivity index (χ4n) is 1.78. The Morgan fingerprint density at radius 3 is 2.43 bits per heavy atom. The molecule has 0 aromatic carbocycles. The number of carboxylic acids is 1. The normalized spacial score (nSPS) is 13.5. The van der Waals surface area contributed by atoms with Crippen molar-refractivity contribution in [1.82, 2.24) is 14.0 Å². The van der Waals surface area contributed by atoms with Crippen LogP contribution < -0.4 is 4.72 Å². The van der Waals surface area contributed by atoms with Crippen LogP contribution in [0.4, 0.5) is 0 Å². The maximum absolute atomic E-state index is 12.3. The van der Waals surface area contributed by atoms with Gasteiger partial charge in [-0.25, -0.2) is 9.78 Å². The van der Waals surface area contributed by atoms with E-state index in [0.29, 0.717) is 18.1 Å². The molecule has 7 nitrogen and oxygen atoms in total. The first-order valence-electron chi connectivity index (χ1n) is 6.77. The SMILES string of the molecule is CCCN(CCC)S(=O)(=O)NC(C)c1nc(C(=O)O)cs1. The van der Waals surface area contributed by atoms with E-state index >= 15 is 0 Å². The zero-order valence-electron chi connectivity index (χ0n) is 12.4. The van der Waals surface area contributed by atoms with Crippen LogP contribution in [0.1, 0.15) is 55.2 Å². The van der Waals surface area contributed by atoms with Gasteiger partial charge in [0.15, 0.2) is 5.69 Å². The van der Waals surface area contributed by atoms with Crippen LogP contribution in [0, 0.1) is 0 Å². The van der Waals surface area contributed by atoms with Crippen LogP contribution in [0.3, 0.4) is 0 Å². The van der Waals surface area contributed by atoms with Crippen molar-refractivity contribution in [3.63, 3.8) is 0 Å². The van der Waals surface area contributed by atoms with Crippen molar-refractivity contribution in [2.45, 2.75) is 39.7 Å². The number of aromatic carboxylic acids is 1. The first kappa shape index (κ1) is 18.0. The number of carboxylic acid groups (broad SMARTS) is 1. The average molecular weight is 335 g/mol. The van der Waals surface area contributed by atoms with E-state index in [1.165, 1.54) is 9.69 Å². The van der Waals surface area contributed by atoms with E-state index in [1.807, 2.05) is 13.8 Å². The highest BCUT2D eigenvalue weighted by Crippen LogP contribution is 2.19. The Hall–Kier alpha value is -1.03. The predicted molar refractivity (Wildman–Crippen MR) is 81.7 cm³/mol. The van der Waals surface area contributed by atoms with Crippen molar-refractivity contribution < 1.29 is 18.3 Å². The van der Waals surface area contributed by atoms with Gasteiger partial charge in [0.05, 0.1) is 6.04 Å². The van der Waals surface area contributed by atoms with Crippen LogP contribution in [-0.2, 0) is 10.2 Å². The second kappa shape index (κ2) is 7.83. The Morgan fingerprint density at radius 2 is 2.00 bits per heavy atom. The molecule has 0 aliphatic carbocycles. The number of rotatable bonds is 9. The summed E-state index contributed by atoms with van der Waals surface area (Å²) in [7, 11) is -3.60. The molecule has 1 unspecified atom stereocenters. The minimum atomic E-state index is -3.60. The zero-order chi connectivity index (χ0) is 16.0. The largest absolute Gasteiger partial charge is 0.476 e. The van der Waals surface area contributed by atoms with Gasteiger partial charge in [0.25, 0.3) is 10.2 Å². The van der Waals surface area contributed by atoms with Crippen molar-refractivity contribution in [2.75, 3.05) is 13.1 Å². The Labute approximate surface area is 129 Å². The molecule has 1 aromatic rings. The first-order chi connectivity index (χ1) is 9.81. The molecule has 0 radical (unpaired) electrons. The molecule has 2 N–H and O–H groups in total. The quantitative estimate of drug-likeness (QED) is 0.717. The number of hydrogen-bond donors (Lipinski definition) is 2. The summed E-state index contributed by atoms with van der Waals surface area (Å²) in [5, 5.41) is 10.7. The molecule has 0 fully saturated rings. The fraction of sp³-hybridized carbons (Fsp3) is 0.667. The van der Waals surface area contributed by atoms with Gasteiger partial charge in [0.1, 0.15) is 5.01 Å². The van der Waals surface area contributed by atoms with Gasteiger partial charge in [-0.05, 0) is 19.8 Å². The molecular weight excluding hydrogens is 314 g/mol. The fourth-order valence-corrected chi connectivity index (χ4v) is 4.21. The van der Waals surface area contributed by atoms with E-state index in [0.717, 1.165) is 24.2 Å². The summed E-state index contributed by atoms with van der Waals surface area (Å²) in [6.45, 7) is 6.39. The molecule has 0 amide bonds. The van der Waals surface area contributed by atoms with E-state index < -0.39 is 22.2 Å². The lowest BCUT2D eigenvalue weighted by Gasteiger charge is -2.23. The standard InChI is InChI=1S/C12H21N3O4S2/c1-4-6-15(7-5-2)21(18,19)14-9(3)11-13-10(8-20-11)12(16)17/h8-9,14H,4-7H2,1-3H3,(H,16,17). The van der Waals surface area contributed by atoms with Crippen LogP contribution >= 0.6 is 11.3 Å². The van der Waals surface area contributed by atoms with Crippen molar-refractivity contribution in [3.05, 3.63) is 16.1 Å². The summed E-state index contributed by atoms with van der Waals surface area (Å²) < 4.78 is 28.6. The highest BCUT2D eigenvalue weighted by Gasteiger charge is 2.24. The van der Waals surface area contributed by atoms with E-state index in [9.17, 15) is 13.2 Å². The van der Waals surface area contributed by atoms with Crippen molar-refractivity contribution in [3.8, 4) is 0 Å². The topological polar surface area (TPSA) is 99.6 Å². The molecule has 1 atom stereocenters. The van der Waals surface area contributed by atoms with Crippen molar-refractivity contribution in [2.24, 2.45) is 0 Å². The number of aromatic nitrogens is 1. The van der Waals surface area contributed by atoms with Crippen molar-refractivity contribution in [1.29, 1.82) is 0 Å². The van der Waals surface area contributed by atoms with Crippen LogP contribution in [0.25, 0.3) is 0 Å². The van der Waals surface area contributed by atoms with Crippen LogP contribution in [0.2, 0.25) is 0 Å². The lowest BCUT2D eigenvalue weighted by Crippen LogP contribution is -2.42. The Kier molecular flexibility index (Phi) is 6.72. The average Bonchev–Trinajstić information content (AvgIpc) is 2.87. The Bertz CT molecular complexity index is 565. The van der Waals surface area contributed by atoms with Gasteiger partial charge < -0.3 is 5.11 Å². The molecule has 0 aliphatic heterocycles. The molecule has 0 saturated carbocycles. The molecule has 0 aliphatic rings. The monoisotopic (exact) mass is 335 g/mol. The summed E-state index contributed by atoms with van der Waals surface area (Å²) in [6, 6.07) is -0.565. The third-order valence-corrected chi connectivity index (χ3v) is 5.45. The maximum atomic E-state index is 12.3. The third-order valence-electron chi connectivity index (χ3n) is 2.72. The summed E-state index contributed by atoms with van der Waals surface area (Å²) in [5.74, 6) is -1.12. The maximum Gasteiger partial charge on any atom is 0.355 e. The Balaban J connectivity index is 2.83. The molecule has 1 heterocycles. The molecule has 0 saturated heterocycles. The molecule has 120 valence electrons. The Morgan fingerprint density at radius 1 is 1.43 bits per heavy atom. The minimum absolute atomic E-state index is 0.0694. The number of carbonyl (C=O) groups is 1. The summed E-state index contributed by atoms with van der Waals surface area (Å²) in [5.41, 5.74) is -0.0694. The van der Waals surface area contributed by atoms with Crippen molar-refractivity contribution >= 4 is 27.5 Å². The lowest BCUT2D eigenvalue weighted by molar-refractivity contribution is 0.0691. The molecule has 1 aromatic heterocycles. The molecule has 1 rings (SSSR count). The summed E-state index contributed by atoms with van der Waals surface area (Å²) in [6.07, 6.45) is 1.46. The third kappa shape index (κ3) is 5.03. The van der Waals surface area contributed by atoms with Gasteiger partial charge in [0, 0.05) is 18.5 Å². The molecule has 0 bridgehead atoms. The molecule has 0 spiro atoms. The number of thiazole rings is 1. The van der Waals surface area contributed by atoms with Gasteiger partial charge in [-0.15, -0.1) is 11.3 Å². The van der Waals surface area contributed by atoms with Crippen LogP contribution in [0.5, 0.6) is 0 Å². The van der Waals surface area contributed by atoms with E-state index in [2.05, 4.69) is 9.71 Å². The van der Waals surface area contributed by atoms with Gasteiger partial charge in [-0.2, -0.15) is 17.4 Å². The highest BCUT2D eigenvalue weighted by atomic mass is 32.2. The zero-order valence-corrected chi connectivity index (χ0v) is 14.0. The minimum Gasteiger partial charge on any atom is -0.476 e. The van der Waals surface area contributed by atoms with Gasteiger partial charge in [-0.3, -0.25) is 0 Å². The first-order valence-corrected chi connectivity index (χ1v) is 9.09. The van der Waals surface area contributed by atoms with E-state index in [1.54, 1.807) is 6.92 Å². The highest BCUT2D eigenvalue weighted by molar-refractivity contribution is 7.87. The number of hydrogen-bond acceptors (Lipinski definition) is 5. The van der Waals surface area contributed by atoms with E-state index in [-0.39, 0.29) is 5.69 Å². The molecule has 9 heteroatoms. The smallest absolute Gasteiger partial charge is 0.355 e. The second-order valence-electron chi connectivity index (χ2n) is 4.62. The van der Waals surface area contributed by atoms with Gasteiger partial charge in [0.2, 0.25) is 0 Å². The molecular formula is C12H21N3O4S2. The van der Waals surface area contributed by atoms with Gasteiger partial charge in [-0.1, -0.05) is 13.8 Å². The lowest BCUT2D eigenvalue weighted by atomic mass is 10.4. The second-order valence-corrected chi connectivity index (χ2v) is 7.21. The van der Waals surface area contributed by atoms with Crippen LogP contribution in [-0.4, -0.2) is 41.9 Å². The number of nitrogens with zero attached hydrogens (tertiary/aromatic N) is 2.